The lowest BCUT2D eigenvalue weighted by atomic mass is 9.92. The molecule has 25 heavy (non-hydrogen) atoms. The molecule has 0 saturated carbocycles. The number of nitrogens with one attached hydrogen (secondary N) is 2. The van der Waals surface area contributed by atoms with Gasteiger partial charge in [-0.15, -0.1) is 0 Å². The summed E-state index contributed by atoms with van der Waals surface area (Å²) >= 11 is 0. The van der Waals surface area contributed by atoms with E-state index in [9.17, 15) is 9.18 Å². The summed E-state index contributed by atoms with van der Waals surface area (Å²) in [5.41, 5.74) is 0.805. The van der Waals surface area contributed by atoms with Gasteiger partial charge in [-0.3, -0.25) is 9.79 Å². The molecule has 1 fully saturated rings. The van der Waals surface area contributed by atoms with Gasteiger partial charge in [0.1, 0.15) is 5.82 Å². The average Bonchev–Trinajstić information content (AvgIpc) is 2.56. The summed E-state index contributed by atoms with van der Waals surface area (Å²) in [6.07, 6.45) is 1.52. The fraction of sp³-hybridized carbons (Fsp3) is 0.579. The average molecular weight is 348 g/mol. The van der Waals surface area contributed by atoms with E-state index in [-0.39, 0.29) is 18.1 Å². The van der Waals surface area contributed by atoms with Crippen molar-refractivity contribution in [2.75, 3.05) is 33.2 Å². The van der Waals surface area contributed by atoms with Gasteiger partial charge in [-0.1, -0.05) is 26.0 Å². The molecular weight excluding hydrogens is 319 g/mol. The van der Waals surface area contributed by atoms with Crippen LogP contribution < -0.4 is 10.6 Å². The molecule has 1 aromatic rings. The first-order valence-electron chi connectivity index (χ1n) is 8.94. The van der Waals surface area contributed by atoms with Gasteiger partial charge in [0, 0.05) is 33.2 Å². The monoisotopic (exact) mass is 348 g/mol. The van der Waals surface area contributed by atoms with Crippen LogP contribution in [0.5, 0.6) is 0 Å². The Labute approximate surface area is 149 Å². The maximum Gasteiger partial charge on any atom is 0.224 e. The number of halogens is 1. The highest BCUT2D eigenvalue weighted by molar-refractivity contribution is 5.80. The summed E-state index contributed by atoms with van der Waals surface area (Å²) in [5.74, 6) is 1.87. The first kappa shape index (κ1) is 19.2. The molecule has 2 rings (SSSR count). The smallest absolute Gasteiger partial charge is 0.224 e. The molecule has 5 nitrogen and oxygen atoms in total. The van der Waals surface area contributed by atoms with Gasteiger partial charge in [-0.05, 0) is 36.0 Å². The molecule has 0 spiro atoms. The summed E-state index contributed by atoms with van der Waals surface area (Å²) in [6.45, 7) is 7.72. The molecule has 6 heteroatoms. The van der Waals surface area contributed by atoms with Gasteiger partial charge >= 0.3 is 0 Å². The molecule has 2 N–H and O–H groups in total. The second-order valence-corrected chi connectivity index (χ2v) is 6.98. The molecule has 1 saturated heterocycles. The number of aliphatic imine (C=N–C) groups is 1. The van der Waals surface area contributed by atoms with E-state index < -0.39 is 0 Å². The summed E-state index contributed by atoms with van der Waals surface area (Å²) in [5, 5.41) is 6.20. The molecule has 1 aliphatic rings. The van der Waals surface area contributed by atoms with Gasteiger partial charge in [0.2, 0.25) is 5.91 Å². The van der Waals surface area contributed by atoms with E-state index in [1.807, 2.05) is 0 Å². The van der Waals surface area contributed by atoms with Crippen LogP contribution in [0, 0.1) is 17.7 Å². The van der Waals surface area contributed by atoms with Crippen LogP contribution in [0.1, 0.15) is 25.8 Å². The number of benzene rings is 1. The van der Waals surface area contributed by atoms with E-state index in [4.69, 9.17) is 0 Å². The van der Waals surface area contributed by atoms with Gasteiger partial charge < -0.3 is 15.5 Å². The SMILES string of the molecule is CN=C(NCCNC(=O)Cc1ccc(F)cc1)N1CC(C)CC(C)C1. The number of carbonyl (C=O) groups excluding carboxylic acids is 1. The van der Waals surface area contributed by atoms with Crippen LogP contribution in [-0.2, 0) is 11.2 Å². The van der Waals surface area contributed by atoms with Gasteiger partial charge in [0.25, 0.3) is 0 Å². The lowest BCUT2D eigenvalue weighted by Crippen LogP contribution is -2.49. The van der Waals surface area contributed by atoms with Crippen molar-refractivity contribution in [1.82, 2.24) is 15.5 Å². The van der Waals surface area contributed by atoms with E-state index in [1.54, 1.807) is 19.2 Å². The second kappa shape index (κ2) is 9.39. The molecule has 0 radical (unpaired) electrons. The summed E-state index contributed by atoms with van der Waals surface area (Å²) in [4.78, 5) is 18.6. The fourth-order valence-corrected chi connectivity index (χ4v) is 3.39. The highest BCUT2D eigenvalue weighted by atomic mass is 19.1. The fourth-order valence-electron chi connectivity index (χ4n) is 3.39. The molecule has 2 atom stereocenters. The number of rotatable bonds is 5. The quantitative estimate of drug-likeness (QED) is 0.486. The number of hydrogen-bond acceptors (Lipinski definition) is 2. The van der Waals surface area contributed by atoms with E-state index in [0.717, 1.165) is 24.6 Å². The third kappa shape index (κ3) is 6.36. The maximum absolute atomic E-state index is 12.9. The van der Waals surface area contributed by atoms with Crippen molar-refractivity contribution in [2.45, 2.75) is 26.7 Å². The van der Waals surface area contributed by atoms with E-state index >= 15 is 0 Å². The third-order valence-electron chi connectivity index (χ3n) is 4.39. The predicted molar refractivity (Wildman–Crippen MR) is 99.0 cm³/mol. The van der Waals surface area contributed by atoms with Crippen molar-refractivity contribution in [3.05, 3.63) is 35.6 Å². The molecule has 2 unspecified atom stereocenters. The Balaban J connectivity index is 1.70. The lowest BCUT2D eigenvalue weighted by Gasteiger charge is -2.37. The first-order valence-corrected chi connectivity index (χ1v) is 8.94. The van der Waals surface area contributed by atoms with Gasteiger partial charge in [0.15, 0.2) is 5.96 Å². The third-order valence-corrected chi connectivity index (χ3v) is 4.39. The predicted octanol–water partition coefficient (Wildman–Crippen LogP) is 2.04. The van der Waals surface area contributed by atoms with Crippen LogP contribution in [0.4, 0.5) is 4.39 Å². The second-order valence-electron chi connectivity index (χ2n) is 6.98. The van der Waals surface area contributed by atoms with Crippen molar-refractivity contribution in [3.8, 4) is 0 Å². The van der Waals surface area contributed by atoms with Crippen LogP contribution in [0.2, 0.25) is 0 Å². The van der Waals surface area contributed by atoms with E-state index in [1.165, 1.54) is 18.6 Å². The van der Waals surface area contributed by atoms with Gasteiger partial charge in [-0.25, -0.2) is 4.39 Å². The number of hydrogen-bond donors (Lipinski definition) is 2. The Bertz CT molecular complexity index is 578. The van der Waals surface area contributed by atoms with Crippen molar-refractivity contribution in [2.24, 2.45) is 16.8 Å². The molecule has 0 aliphatic carbocycles. The van der Waals surface area contributed by atoms with E-state index in [2.05, 4.69) is 34.4 Å². The minimum Gasteiger partial charge on any atom is -0.354 e. The molecule has 1 amide bonds. The number of nitrogens with zero attached hydrogens (tertiary/aromatic N) is 2. The summed E-state index contributed by atoms with van der Waals surface area (Å²) < 4.78 is 12.9. The summed E-state index contributed by atoms with van der Waals surface area (Å²) in [6, 6.07) is 6.00. The normalized spacial score (nSPS) is 21.1. The number of carbonyl (C=O) groups is 1. The Morgan fingerprint density at radius 2 is 1.76 bits per heavy atom. The molecule has 1 heterocycles. The largest absolute Gasteiger partial charge is 0.354 e. The van der Waals surface area contributed by atoms with Crippen LogP contribution in [0.15, 0.2) is 29.3 Å². The van der Waals surface area contributed by atoms with Crippen LogP contribution in [0.25, 0.3) is 0 Å². The van der Waals surface area contributed by atoms with Crippen molar-refractivity contribution >= 4 is 11.9 Å². The minimum atomic E-state index is -0.291. The molecule has 138 valence electrons. The molecular formula is C19H29FN4O. The lowest BCUT2D eigenvalue weighted by molar-refractivity contribution is -0.120. The summed E-state index contributed by atoms with van der Waals surface area (Å²) in [7, 11) is 1.79. The Hall–Kier alpha value is -2.11. The van der Waals surface area contributed by atoms with Gasteiger partial charge in [-0.2, -0.15) is 0 Å². The van der Waals surface area contributed by atoms with Crippen molar-refractivity contribution < 1.29 is 9.18 Å². The maximum atomic E-state index is 12.9. The number of guanidine groups is 1. The number of piperidine rings is 1. The zero-order valence-electron chi connectivity index (χ0n) is 15.4. The molecule has 1 aliphatic heterocycles. The minimum absolute atomic E-state index is 0.0661. The molecule has 1 aromatic carbocycles. The zero-order valence-corrected chi connectivity index (χ0v) is 15.4. The van der Waals surface area contributed by atoms with Crippen molar-refractivity contribution in [1.29, 1.82) is 0 Å². The van der Waals surface area contributed by atoms with Crippen LogP contribution >= 0.6 is 0 Å². The first-order chi connectivity index (χ1) is 12.0. The van der Waals surface area contributed by atoms with Crippen LogP contribution in [0.3, 0.4) is 0 Å². The Morgan fingerprint density at radius 1 is 1.16 bits per heavy atom. The standard InChI is InChI=1S/C19H29FN4O/c1-14-10-15(2)13-24(12-14)19(21-3)23-9-8-22-18(25)11-16-4-6-17(20)7-5-16/h4-7,14-15H,8-13H2,1-3H3,(H,21,23)(H,22,25). The topological polar surface area (TPSA) is 56.7 Å². The van der Waals surface area contributed by atoms with E-state index in [0.29, 0.717) is 24.9 Å². The van der Waals surface area contributed by atoms with Crippen LogP contribution in [-0.4, -0.2) is 50.0 Å². The highest BCUT2D eigenvalue weighted by Crippen LogP contribution is 2.20. The zero-order chi connectivity index (χ0) is 18.2. The molecule has 0 bridgehead atoms. The highest BCUT2D eigenvalue weighted by Gasteiger charge is 2.23. The number of likely N-dealkylation sites (tertiary alicyclic amines) is 1. The van der Waals surface area contributed by atoms with Gasteiger partial charge in [0.05, 0.1) is 6.42 Å². The Morgan fingerprint density at radius 3 is 2.36 bits per heavy atom. The molecule has 0 aromatic heterocycles. The number of amides is 1. The van der Waals surface area contributed by atoms with Crippen molar-refractivity contribution in [3.63, 3.8) is 0 Å². The Kier molecular flexibility index (Phi) is 7.22.